The minimum Gasteiger partial charge on any atom is -0.463 e. The van der Waals surface area contributed by atoms with Gasteiger partial charge in [-0.3, -0.25) is 4.90 Å². The standard InChI is InChI=1S/C16H27NO5/c1-8-20-13(18)11(2)9-12-10-21-16(6,7)17(12)14(19)22-15(3,4)5/h9,12H,8,10H2,1-7H3/t12-/m1/s1. The number of carbonyl (C=O) groups is 2. The van der Waals surface area contributed by atoms with Crippen LogP contribution in [-0.4, -0.2) is 47.5 Å². The quantitative estimate of drug-likeness (QED) is 0.592. The van der Waals surface area contributed by atoms with E-state index in [0.29, 0.717) is 18.8 Å². The van der Waals surface area contributed by atoms with E-state index < -0.39 is 23.4 Å². The Kier molecular flexibility index (Phi) is 5.62. The Hall–Kier alpha value is -1.56. The van der Waals surface area contributed by atoms with Crippen LogP contribution in [0.4, 0.5) is 4.79 Å². The molecule has 0 radical (unpaired) electrons. The molecule has 1 aliphatic heterocycles. The molecule has 0 unspecified atom stereocenters. The first-order valence-electron chi connectivity index (χ1n) is 7.49. The maximum absolute atomic E-state index is 12.4. The number of ether oxygens (including phenoxy) is 3. The first-order valence-corrected chi connectivity index (χ1v) is 7.49. The number of amides is 1. The molecule has 0 aromatic heterocycles. The highest BCUT2D eigenvalue weighted by molar-refractivity contribution is 5.88. The van der Waals surface area contributed by atoms with E-state index in [1.165, 1.54) is 4.90 Å². The zero-order valence-electron chi connectivity index (χ0n) is 14.6. The molecule has 0 spiro atoms. The predicted octanol–water partition coefficient (Wildman–Crippen LogP) is 2.87. The van der Waals surface area contributed by atoms with Gasteiger partial charge in [0.25, 0.3) is 0 Å². The second kappa shape index (κ2) is 6.69. The van der Waals surface area contributed by atoms with Crippen molar-refractivity contribution in [3.05, 3.63) is 11.6 Å². The third kappa shape index (κ3) is 4.73. The average Bonchev–Trinajstić information content (AvgIpc) is 2.62. The number of hydrogen-bond acceptors (Lipinski definition) is 5. The number of rotatable bonds is 3. The molecule has 0 saturated carbocycles. The molecule has 1 aliphatic rings. The van der Waals surface area contributed by atoms with Crippen molar-refractivity contribution in [2.45, 2.75) is 65.8 Å². The van der Waals surface area contributed by atoms with Gasteiger partial charge in [-0.05, 0) is 54.5 Å². The molecule has 0 N–H and O–H groups in total. The summed E-state index contributed by atoms with van der Waals surface area (Å²) in [6.07, 6.45) is 1.23. The summed E-state index contributed by atoms with van der Waals surface area (Å²) >= 11 is 0. The fourth-order valence-electron chi connectivity index (χ4n) is 2.22. The van der Waals surface area contributed by atoms with Crippen molar-refractivity contribution in [3.8, 4) is 0 Å². The minimum absolute atomic E-state index is 0.309. The first-order chi connectivity index (χ1) is 9.98. The van der Waals surface area contributed by atoms with Crippen molar-refractivity contribution in [3.63, 3.8) is 0 Å². The molecule has 22 heavy (non-hydrogen) atoms. The SMILES string of the molecule is CCOC(=O)C(C)=C[C@@H]1COC(C)(C)N1C(=O)OC(C)(C)C. The van der Waals surface area contributed by atoms with E-state index in [1.807, 2.05) is 20.8 Å². The van der Waals surface area contributed by atoms with Gasteiger partial charge in [-0.15, -0.1) is 0 Å². The van der Waals surface area contributed by atoms with E-state index in [9.17, 15) is 9.59 Å². The van der Waals surface area contributed by atoms with Gasteiger partial charge in [-0.2, -0.15) is 0 Å². The third-order valence-corrected chi connectivity index (χ3v) is 3.15. The number of nitrogens with zero attached hydrogens (tertiary/aromatic N) is 1. The molecule has 1 fully saturated rings. The molecule has 1 heterocycles. The van der Waals surface area contributed by atoms with E-state index in [0.717, 1.165) is 0 Å². The van der Waals surface area contributed by atoms with Crippen LogP contribution < -0.4 is 0 Å². The molecule has 1 amide bonds. The van der Waals surface area contributed by atoms with Crippen LogP contribution in [0.3, 0.4) is 0 Å². The molecule has 1 saturated heterocycles. The smallest absolute Gasteiger partial charge is 0.413 e. The van der Waals surface area contributed by atoms with Gasteiger partial charge in [0.15, 0.2) is 0 Å². The monoisotopic (exact) mass is 313 g/mol. The van der Waals surface area contributed by atoms with Crippen molar-refractivity contribution < 1.29 is 23.8 Å². The average molecular weight is 313 g/mol. The summed E-state index contributed by atoms with van der Waals surface area (Å²) in [6, 6.07) is -0.366. The summed E-state index contributed by atoms with van der Waals surface area (Å²) in [4.78, 5) is 25.7. The molecule has 126 valence electrons. The maximum Gasteiger partial charge on any atom is 0.413 e. The van der Waals surface area contributed by atoms with E-state index in [2.05, 4.69) is 0 Å². The summed E-state index contributed by atoms with van der Waals surface area (Å²) < 4.78 is 16.1. The van der Waals surface area contributed by atoms with Gasteiger partial charge in [0.1, 0.15) is 11.3 Å². The molecular weight excluding hydrogens is 286 g/mol. The zero-order chi connectivity index (χ0) is 17.1. The van der Waals surface area contributed by atoms with Gasteiger partial charge in [-0.1, -0.05) is 0 Å². The van der Waals surface area contributed by atoms with Crippen LogP contribution >= 0.6 is 0 Å². The molecule has 0 aromatic rings. The van der Waals surface area contributed by atoms with Crippen molar-refractivity contribution in [1.29, 1.82) is 0 Å². The fourth-order valence-corrected chi connectivity index (χ4v) is 2.22. The summed E-state index contributed by atoms with van der Waals surface area (Å²) in [7, 11) is 0. The molecular formula is C16H27NO5. The highest BCUT2D eigenvalue weighted by Gasteiger charge is 2.45. The number of esters is 1. The van der Waals surface area contributed by atoms with Crippen LogP contribution in [0.5, 0.6) is 0 Å². The van der Waals surface area contributed by atoms with Gasteiger partial charge in [0.2, 0.25) is 0 Å². The molecule has 0 aliphatic carbocycles. The van der Waals surface area contributed by atoms with Crippen LogP contribution in [0.15, 0.2) is 11.6 Å². The van der Waals surface area contributed by atoms with Crippen LogP contribution in [0.1, 0.15) is 48.5 Å². The highest BCUT2D eigenvalue weighted by atomic mass is 16.6. The first kappa shape index (κ1) is 18.5. The third-order valence-electron chi connectivity index (χ3n) is 3.15. The lowest BCUT2D eigenvalue weighted by Crippen LogP contribution is -2.49. The van der Waals surface area contributed by atoms with Crippen LogP contribution in [-0.2, 0) is 19.0 Å². The summed E-state index contributed by atoms with van der Waals surface area (Å²) in [6.45, 7) is 13.1. The zero-order valence-corrected chi connectivity index (χ0v) is 14.6. The van der Waals surface area contributed by atoms with E-state index in [-0.39, 0.29) is 6.04 Å². The number of carbonyl (C=O) groups excluding carboxylic acids is 2. The van der Waals surface area contributed by atoms with Crippen molar-refractivity contribution in [2.24, 2.45) is 0 Å². The summed E-state index contributed by atoms with van der Waals surface area (Å²) in [5.74, 6) is -0.392. The summed E-state index contributed by atoms with van der Waals surface area (Å²) in [5, 5.41) is 0. The van der Waals surface area contributed by atoms with Crippen molar-refractivity contribution in [2.75, 3.05) is 13.2 Å². The fraction of sp³-hybridized carbons (Fsp3) is 0.750. The highest BCUT2D eigenvalue weighted by Crippen LogP contribution is 2.30. The molecule has 6 nitrogen and oxygen atoms in total. The lowest BCUT2D eigenvalue weighted by atomic mass is 10.1. The van der Waals surface area contributed by atoms with E-state index >= 15 is 0 Å². The van der Waals surface area contributed by atoms with E-state index in [4.69, 9.17) is 14.2 Å². The number of hydrogen-bond donors (Lipinski definition) is 0. The lowest BCUT2D eigenvalue weighted by molar-refractivity contribution is -0.138. The molecule has 0 aromatic carbocycles. The Balaban J connectivity index is 2.97. The molecule has 1 atom stereocenters. The van der Waals surface area contributed by atoms with Crippen LogP contribution in [0, 0.1) is 0 Å². The Morgan fingerprint density at radius 1 is 1.36 bits per heavy atom. The Labute approximate surface area is 132 Å². The second-order valence-electron chi connectivity index (χ2n) is 6.75. The molecule has 0 bridgehead atoms. The molecule has 1 rings (SSSR count). The normalized spacial score (nSPS) is 21.7. The second-order valence-corrected chi connectivity index (χ2v) is 6.75. The van der Waals surface area contributed by atoms with Gasteiger partial charge in [0.05, 0.1) is 19.3 Å². The Bertz CT molecular complexity index is 462. The van der Waals surface area contributed by atoms with Crippen molar-refractivity contribution >= 4 is 12.1 Å². The Morgan fingerprint density at radius 3 is 2.45 bits per heavy atom. The molecule has 6 heteroatoms. The van der Waals surface area contributed by atoms with Gasteiger partial charge < -0.3 is 14.2 Å². The predicted molar refractivity (Wildman–Crippen MR) is 82.3 cm³/mol. The Morgan fingerprint density at radius 2 is 1.95 bits per heavy atom. The largest absolute Gasteiger partial charge is 0.463 e. The van der Waals surface area contributed by atoms with Gasteiger partial charge in [0, 0.05) is 5.57 Å². The lowest BCUT2D eigenvalue weighted by Gasteiger charge is -2.34. The summed E-state index contributed by atoms with van der Waals surface area (Å²) in [5.41, 5.74) is -0.944. The van der Waals surface area contributed by atoms with Gasteiger partial charge >= 0.3 is 12.1 Å². The van der Waals surface area contributed by atoms with Crippen LogP contribution in [0.2, 0.25) is 0 Å². The van der Waals surface area contributed by atoms with Crippen LogP contribution in [0.25, 0.3) is 0 Å². The van der Waals surface area contributed by atoms with E-state index in [1.54, 1.807) is 33.8 Å². The minimum atomic E-state index is -0.793. The van der Waals surface area contributed by atoms with Crippen molar-refractivity contribution in [1.82, 2.24) is 4.90 Å². The maximum atomic E-state index is 12.4. The topological polar surface area (TPSA) is 65.1 Å². The van der Waals surface area contributed by atoms with Gasteiger partial charge in [-0.25, -0.2) is 9.59 Å².